The van der Waals surface area contributed by atoms with Crippen molar-refractivity contribution in [2.75, 3.05) is 6.61 Å². The number of carbonyl (C=O) groups excluding carboxylic acids is 1. The van der Waals surface area contributed by atoms with Gasteiger partial charge in [-0.15, -0.1) is 13.2 Å². The van der Waals surface area contributed by atoms with Crippen LogP contribution in [0.1, 0.15) is 23.6 Å². The molecule has 0 N–H and O–H groups in total. The molecule has 1 heterocycles. The molecule has 3 aromatic carbocycles. The van der Waals surface area contributed by atoms with Gasteiger partial charge in [0.15, 0.2) is 0 Å². The van der Waals surface area contributed by atoms with Crippen LogP contribution in [0.3, 0.4) is 0 Å². The number of ether oxygens (including phenoxy) is 3. The third-order valence-electron chi connectivity index (χ3n) is 5.32. The summed E-state index contributed by atoms with van der Waals surface area (Å²) in [6, 6.07) is 20.9. The van der Waals surface area contributed by atoms with Gasteiger partial charge in [0.05, 0.1) is 17.8 Å². The zero-order valence-corrected chi connectivity index (χ0v) is 19.1. The van der Waals surface area contributed by atoms with Gasteiger partial charge in [-0.25, -0.2) is 9.78 Å². The number of hydrogen-bond acceptors (Lipinski definition) is 5. The summed E-state index contributed by atoms with van der Waals surface area (Å²) >= 11 is 0. The lowest BCUT2D eigenvalue weighted by molar-refractivity contribution is -0.274. The lowest BCUT2D eigenvalue weighted by Crippen LogP contribution is -2.17. The van der Waals surface area contributed by atoms with Crippen LogP contribution in [0.2, 0.25) is 0 Å². The summed E-state index contributed by atoms with van der Waals surface area (Å²) in [4.78, 5) is 16.8. The number of hydrogen-bond donors (Lipinski definition) is 0. The minimum atomic E-state index is -4.71. The molecule has 0 unspecified atom stereocenters. The molecule has 0 amide bonds. The molecule has 0 saturated heterocycles. The third kappa shape index (κ3) is 5.90. The van der Waals surface area contributed by atoms with E-state index in [2.05, 4.69) is 4.74 Å². The van der Waals surface area contributed by atoms with E-state index in [9.17, 15) is 18.0 Å². The second-order valence-electron chi connectivity index (χ2n) is 7.78. The summed E-state index contributed by atoms with van der Waals surface area (Å²) < 4.78 is 51.4. The van der Waals surface area contributed by atoms with E-state index in [-0.39, 0.29) is 12.4 Å². The molecule has 0 aliphatic rings. The van der Waals surface area contributed by atoms with Crippen LogP contribution in [0.15, 0.2) is 72.8 Å². The Bertz CT molecular complexity index is 1330. The molecule has 0 radical (unpaired) electrons. The fraction of sp³-hybridized carbons (Fsp3) is 0.185. The highest BCUT2D eigenvalue weighted by molar-refractivity contribution is 5.91. The Labute approximate surface area is 200 Å². The average Bonchev–Trinajstić information content (AvgIpc) is 2.82. The van der Waals surface area contributed by atoms with Crippen LogP contribution in [0, 0.1) is 6.92 Å². The summed E-state index contributed by atoms with van der Waals surface area (Å²) in [7, 11) is 0. The molecule has 35 heavy (non-hydrogen) atoms. The minimum absolute atomic E-state index is 0.202. The van der Waals surface area contributed by atoms with Gasteiger partial charge in [0.2, 0.25) is 0 Å². The van der Waals surface area contributed by atoms with Crippen LogP contribution in [0.5, 0.6) is 11.5 Å². The number of nitrogens with zero attached hydrogens (tertiary/aromatic N) is 1. The number of benzene rings is 3. The molecule has 0 fully saturated rings. The van der Waals surface area contributed by atoms with Gasteiger partial charge in [-0.3, -0.25) is 0 Å². The fourth-order valence-electron chi connectivity index (χ4n) is 3.75. The molecule has 0 spiro atoms. The Morgan fingerprint density at radius 3 is 2.17 bits per heavy atom. The second kappa shape index (κ2) is 10.0. The lowest BCUT2D eigenvalue weighted by atomic mass is 9.99. The lowest BCUT2D eigenvalue weighted by Gasteiger charge is -2.14. The van der Waals surface area contributed by atoms with Crippen molar-refractivity contribution in [2.45, 2.75) is 26.6 Å². The average molecular weight is 481 g/mol. The molecule has 0 saturated carbocycles. The first kappa shape index (κ1) is 24.1. The molecule has 180 valence electrons. The summed E-state index contributed by atoms with van der Waals surface area (Å²) in [6.07, 6.45) is -4.96. The van der Waals surface area contributed by atoms with E-state index >= 15 is 0 Å². The molecule has 0 atom stereocenters. The number of para-hydroxylation sites is 1. The Morgan fingerprint density at radius 1 is 0.914 bits per heavy atom. The molecular weight excluding hydrogens is 459 g/mol. The van der Waals surface area contributed by atoms with Crippen LogP contribution in [0.25, 0.3) is 22.2 Å². The van der Waals surface area contributed by atoms with Crippen molar-refractivity contribution in [2.24, 2.45) is 0 Å². The number of halogens is 3. The van der Waals surface area contributed by atoms with E-state index in [1.807, 2.05) is 55.5 Å². The number of pyridine rings is 1. The molecule has 8 heteroatoms. The SMILES string of the molecule is CCOC(=O)Oc1c(C)c(-c2ccc(Cc3ccc(OC(F)(F)F)cc3)cc2)nc2ccccc12. The Balaban J connectivity index is 1.59. The van der Waals surface area contributed by atoms with Crippen molar-refractivity contribution in [3.8, 4) is 22.8 Å². The number of rotatable bonds is 6. The molecule has 4 aromatic rings. The molecule has 5 nitrogen and oxygen atoms in total. The van der Waals surface area contributed by atoms with E-state index in [0.29, 0.717) is 34.3 Å². The standard InChI is InChI=1S/C27H22F3NO4/c1-3-33-26(32)34-25-17(2)24(31-23-7-5-4-6-22(23)25)20-12-8-18(9-13-20)16-19-10-14-21(15-11-19)35-27(28,29)30/h4-15H,3,16H2,1-2H3. The minimum Gasteiger partial charge on any atom is -0.434 e. The van der Waals surface area contributed by atoms with E-state index in [4.69, 9.17) is 14.5 Å². The molecule has 0 bridgehead atoms. The van der Waals surface area contributed by atoms with Gasteiger partial charge in [0, 0.05) is 16.5 Å². The van der Waals surface area contributed by atoms with Crippen molar-refractivity contribution < 1.29 is 32.2 Å². The number of fused-ring (bicyclic) bond motifs is 1. The number of carbonyl (C=O) groups is 1. The quantitative estimate of drug-likeness (QED) is 0.272. The Kier molecular flexibility index (Phi) is 6.91. The predicted octanol–water partition coefficient (Wildman–Crippen LogP) is 7.23. The van der Waals surface area contributed by atoms with Crippen LogP contribution in [-0.2, 0) is 11.2 Å². The van der Waals surface area contributed by atoms with Crippen molar-refractivity contribution in [1.29, 1.82) is 0 Å². The van der Waals surface area contributed by atoms with Crippen LogP contribution in [-0.4, -0.2) is 24.1 Å². The first-order valence-electron chi connectivity index (χ1n) is 10.9. The van der Waals surface area contributed by atoms with E-state index in [0.717, 1.165) is 16.7 Å². The summed E-state index contributed by atoms with van der Waals surface area (Å²) in [6.45, 7) is 3.74. The summed E-state index contributed by atoms with van der Waals surface area (Å²) in [5.41, 5.74) is 4.70. The molecule has 4 rings (SSSR count). The fourth-order valence-corrected chi connectivity index (χ4v) is 3.75. The van der Waals surface area contributed by atoms with E-state index < -0.39 is 12.5 Å². The highest BCUT2D eigenvalue weighted by Gasteiger charge is 2.30. The van der Waals surface area contributed by atoms with Gasteiger partial charge >= 0.3 is 12.5 Å². The van der Waals surface area contributed by atoms with Gasteiger partial charge in [-0.05, 0) is 55.7 Å². The Hall–Kier alpha value is -4.07. The first-order chi connectivity index (χ1) is 16.7. The van der Waals surface area contributed by atoms with Crippen LogP contribution >= 0.6 is 0 Å². The van der Waals surface area contributed by atoms with Crippen molar-refractivity contribution in [3.63, 3.8) is 0 Å². The predicted molar refractivity (Wildman–Crippen MR) is 125 cm³/mol. The largest absolute Gasteiger partial charge is 0.573 e. The third-order valence-corrected chi connectivity index (χ3v) is 5.32. The maximum atomic E-state index is 12.3. The zero-order chi connectivity index (χ0) is 25.0. The maximum Gasteiger partial charge on any atom is 0.573 e. The van der Waals surface area contributed by atoms with Gasteiger partial charge in [0.25, 0.3) is 0 Å². The topological polar surface area (TPSA) is 57.7 Å². The monoisotopic (exact) mass is 481 g/mol. The highest BCUT2D eigenvalue weighted by Crippen LogP contribution is 2.35. The molecule has 0 aliphatic heterocycles. The van der Waals surface area contributed by atoms with E-state index in [1.165, 1.54) is 12.1 Å². The van der Waals surface area contributed by atoms with Gasteiger partial charge in [-0.1, -0.05) is 48.5 Å². The smallest absolute Gasteiger partial charge is 0.434 e. The zero-order valence-electron chi connectivity index (χ0n) is 19.1. The summed E-state index contributed by atoms with van der Waals surface area (Å²) in [5, 5.41) is 0.705. The van der Waals surface area contributed by atoms with Gasteiger partial charge < -0.3 is 14.2 Å². The highest BCUT2D eigenvalue weighted by atomic mass is 19.4. The molecular formula is C27H22F3NO4. The second-order valence-corrected chi connectivity index (χ2v) is 7.78. The molecule has 0 aliphatic carbocycles. The van der Waals surface area contributed by atoms with Crippen LogP contribution in [0.4, 0.5) is 18.0 Å². The van der Waals surface area contributed by atoms with Gasteiger partial charge in [-0.2, -0.15) is 0 Å². The van der Waals surface area contributed by atoms with Crippen LogP contribution < -0.4 is 9.47 Å². The summed E-state index contributed by atoms with van der Waals surface area (Å²) in [5.74, 6) is 0.143. The molecule has 1 aromatic heterocycles. The van der Waals surface area contributed by atoms with Crippen molar-refractivity contribution >= 4 is 17.1 Å². The Morgan fingerprint density at radius 2 is 1.54 bits per heavy atom. The number of aromatic nitrogens is 1. The maximum absolute atomic E-state index is 12.3. The first-order valence-corrected chi connectivity index (χ1v) is 10.9. The number of alkyl halides is 3. The van der Waals surface area contributed by atoms with Crippen molar-refractivity contribution in [1.82, 2.24) is 4.98 Å². The van der Waals surface area contributed by atoms with E-state index in [1.54, 1.807) is 19.1 Å². The van der Waals surface area contributed by atoms with Gasteiger partial charge in [0.1, 0.15) is 11.5 Å². The normalized spacial score (nSPS) is 11.3. The van der Waals surface area contributed by atoms with Crippen molar-refractivity contribution in [3.05, 3.63) is 89.5 Å².